The maximum Gasteiger partial charge on any atom is 0.335 e. The van der Waals surface area contributed by atoms with Gasteiger partial charge in [0.25, 0.3) is 0 Å². The molecule has 2 aromatic carbocycles. The molecule has 0 bridgehead atoms. The lowest BCUT2D eigenvalue weighted by molar-refractivity contribution is -0.175. The number of ether oxygens (including phenoxy) is 2. The molecule has 7 nitrogen and oxygen atoms in total. The molecule has 10 heteroatoms. The van der Waals surface area contributed by atoms with Crippen molar-refractivity contribution in [2.24, 2.45) is 0 Å². The van der Waals surface area contributed by atoms with Crippen molar-refractivity contribution >= 4 is 27.8 Å². The highest BCUT2D eigenvalue weighted by Crippen LogP contribution is 2.53. The normalized spacial score (nSPS) is 22.8. The van der Waals surface area contributed by atoms with Crippen LogP contribution in [0.25, 0.3) is 27.5 Å². The predicted octanol–water partition coefficient (Wildman–Crippen LogP) is 5.17. The number of H-pyrrole nitrogens is 1. The quantitative estimate of drug-likeness (QED) is 0.396. The van der Waals surface area contributed by atoms with Gasteiger partial charge in [0.2, 0.25) is 0 Å². The molecule has 1 saturated heterocycles. The van der Waals surface area contributed by atoms with Crippen LogP contribution in [0.4, 0.5) is 13.2 Å². The molecule has 0 radical (unpaired) electrons. The number of carboxylic acids is 1. The largest absolute Gasteiger partial charge is 0.479 e. The number of benzene rings is 2. The van der Waals surface area contributed by atoms with Crippen LogP contribution in [-0.4, -0.2) is 51.8 Å². The van der Waals surface area contributed by atoms with E-state index < -0.39 is 29.0 Å². The average Bonchev–Trinajstić information content (AvgIpc) is 3.45. The van der Waals surface area contributed by atoms with Crippen LogP contribution in [0.3, 0.4) is 0 Å². The van der Waals surface area contributed by atoms with E-state index in [-0.39, 0.29) is 30.2 Å². The first kappa shape index (κ1) is 23.1. The van der Waals surface area contributed by atoms with E-state index in [1.165, 1.54) is 19.4 Å². The van der Waals surface area contributed by atoms with Crippen LogP contribution < -0.4 is 0 Å². The van der Waals surface area contributed by atoms with Crippen molar-refractivity contribution in [3.8, 4) is 5.69 Å². The fraction of sp³-hybridized carbons (Fsp3) is 0.385. The maximum absolute atomic E-state index is 16.1. The summed E-state index contributed by atoms with van der Waals surface area (Å²) in [5.41, 5.74) is 1.21. The average molecular weight is 499 g/mol. The monoisotopic (exact) mass is 499 g/mol. The Morgan fingerprint density at radius 3 is 2.58 bits per heavy atom. The van der Waals surface area contributed by atoms with E-state index in [0.717, 1.165) is 17.8 Å². The maximum atomic E-state index is 16.1. The van der Waals surface area contributed by atoms with Crippen molar-refractivity contribution in [2.45, 2.75) is 43.1 Å². The molecule has 0 unspecified atom stereocenters. The molecule has 3 heterocycles. The van der Waals surface area contributed by atoms with Gasteiger partial charge in [-0.3, -0.25) is 5.10 Å². The van der Waals surface area contributed by atoms with E-state index in [4.69, 9.17) is 9.47 Å². The predicted molar refractivity (Wildman–Crippen MR) is 125 cm³/mol. The number of carboxylic acid groups (broad SMARTS) is 1. The number of aromatic nitrogens is 3. The third-order valence-corrected chi connectivity index (χ3v) is 7.79. The molecular weight excluding hydrogens is 475 g/mol. The van der Waals surface area contributed by atoms with Gasteiger partial charge >= 0.3 is 5.97 Å². The van der Waals surface area contributed by atoms with Crippen LogP contribution in [0.1, 0.15) is 48.8 Å². The number of aliphatic carboxylic acids is 1. The van der Waals surface area contributed by atoms with Crippen LogP contribution in [0, 0.1) is 17.5 Å². The summed E-state index contributed by atoms with van der Waals surface area (Å²) >= 11 is 0. The molecule has 1 aliphatic heterocycles. The molecule has 6 rings (SSSR count). The molecular formula is C26H24F3N3O4. The van der Waals surface area contributed by atoms with E-state index in [2.05, 4.69) is 10.2 Å². The highest BCUT2D eigenvalue weighted by atomic mass is 19.2. The summed E-state index contributed by atoms with van der Waals surface area (Å²) in [6, 6.07) is 5.42. The third kappa shape index (κ3) is 3.27. The molecule has 2 fully saturated rings. The van der Waals surface area contributed by atoms with Gasteiger partial charge in [0.15, 0.2) is 23.1 Å². The molecule has 2 aromatic heterocycles. The summed E-state index contributed by atoms with van der Waals surface area (Å²) in [6.07, 6.45) is 3.18. The minimum absolute atomic E-state index is 0.0486. The van der Waals surface area contributed by atoms with Gasteiger partial charge in [0.1, 0.15) is 5.52 Å². The summed E-state index contributed by atoms with van der Waals surface area (Å²) in [5.74, 6) is -3.90. The zero-order valence-electron chi connectivity index (χ0n) is 19.5. The first-order valence-corrected chi connectivity index (χ1v) is 11.9. The number of carbonyl (C=O) groups is 1. The minimum atomic E-state index is -1.34. The van der Waals surface area contributed by atoms with Crippen LogP contribution in [0.15, 0.2) is 30.5 Å². The Kier molecular flexibility index (Phi) is 5.34. The Morgan fingerprint density at radius 1 is 1.17 bits per heavy atom. The summed E-state index contributed by atoms with van der Waals surface area (Å²) < 4.78 is 57.2. The number of nitrogens with zero attached hydrogens (tertiary/aromatic N) is 2. The highest BCUT2D eigenvalue weighted by molar-refractivity contribution is 6.00. The zero-order valence-corrected chi connectivity index (χ0v) is 19.5. The fourth-order valence-electron chi connectivity index (χ4n) is 5.91. The Hall–Kier alpha value is -3.37. The van der Waals surface area contributed by atoms with Crippen molar-refractivity contribution in [3.05, 3.63) is 59.2 Å². The molecule has 0 atom stereocenters. The first-order chi connectivity index (χ1) is 17.3. The van der Waals surface area contributed by atoms with Gasteiger partial charge in [0.05, 0.1) is 11.7 Å². The second kappa shape index (κ2) is 8.35. The van der Waals surface area contributed by atoms with Gasteiger partial charge in [-0.2, -0.15) is 5.10 Å². The summed E-state index contributed by atoms with van der Waals surface area (Å²) in [5, 5.41) is 17.3. The number of aromatic amines is 1. The molecule has 0 spiro atoms. The first-order valence-electron chi connectivity index (χ1n) is 11.9. The third-order valence-electron chi connectivity index (χ3n) is 7.79. The highest BCUT2D eigenvalue weighted by Gasteiger charge is 2.53. The Morgan fingerprint density at radius 2 is 1.92 bits per heavy atom. The lowest BCUT2D eigenvalue weighted by Crippen LogP contribution is -2.51. The number of fused-ring (bicyclic) bond motifs is 2. The minimum Gasteiger partial charge on any atom is -0.479 e. The SMILES string of the molecule is CO[C@]1(C(=O)O)C[C@H](c2c(C3CCOCC3)n(-c3ccc(F)c(F)c3)c3cc4cn[nH]c4c(F)c32)C1. The second-order valence-corrected chi connectivity index (χ2v) is 9.65. The van der Waals surface area contributed by atoms with E-state index in [1.54, 1.807) is 10.6 Å². The smallest absolute Gasteiger partial charge is 0.335 e. The van der Waals surface area contributed by atoms with Gasteiger partial charge in [0, 0.05) is 54.5 Å². The topological polar surface area (TPSA) is 89.4 Å². The van der Waals surface area contributed by atoms with Gasteiger partial charge in [-0.15, -0.1) is 0 Å². The molecule has 188 valence electrons. The van der Waals surface area contributed by atoms with E-state index in [0.29, 0.717) is 53.6 Å². The number of rotatable bonds is 5. The van der Waals surface area contributed by atoms with Crippen LogP contribution in [0.5, 0.6) is 0 Å². The Bertz CT molecular complexity index is 1500. The van der Waals surface area contributed by atoms with Gasteiger partial charge in [-0.1, -0.05) is 0 Å². The number of methoxy groups -OCH3 is 1. The number of hydrogen-bond donors (Lipinski definition) is 2. The van der Waals surface area contributed by atoms with Crippen molar-refractivity contribution in [1.29, 1.82) is 0 Å². The van der Waals surface area contributed by atoms with Gasteiger partial charge in [-0.25, -0.2) is 18.0 Å². The van der Waals surface area contributed by atoms with E-state index in [1.807, 2.05) is 0 Å². The Labute approximate surface area is 203 Å². The van der Waals surface area contributed by atoms with Crippen LogP contribution in [-0.2, 0) is 14.3 Å². The molecule has 36 heavy (non-hydrogen) atoms. The number of hydrogen-bond acceptors (Lipinski definition) is 4. The lowest BCUT2D eigenvalue weighted by atomic mass is 9.66. The lowest BCUT2D eigenvalue weighted by Gasteiger charge is -2.44. The zero-order chi connectivity index (χ0) is 25.2. The van der Waals surface area contributed by atoms with Crippen molar-refractivity contribution < 1.29 is 32.5 Å². The second-order valence-electron chi connectivity index (χ2n) is 9.65. The van der Waals surface area contributed by atoms with Crippen LogP contribution >= 0.6 is 0 Å². The molecule has 1 saturated carbocycles. The molecule has 2 N–H and O–H groups in total. The van der Waals surface area contributed by atoms with Crippen molar-refractivity contribution in [3.63, 3.8) is 0 Å². The number of nitrogens with one attached hydrogen (secondary N) is 1. The standard InChI is InChI=1S/C26H24F3N3O4/c1-35-26(25(33)34)10-15(11-26)20-21-19(8-14-12-30-31-23(14)22(21)29)32(16-2-3-17(27)18(28)9-16)24(20)13-4-6-36-7-5-13/h2-3,8-9,12-13,15H,4-7,10-11H2,1H3,(H,30,31)(H,33,34)/t15-,26+. The van der Waals surface area contributed by atoms with Crippen LogP contribution in [0.2, 0.25) is 0 Å². The fourth-order valence-corrected chi connectivity index (χ4v) is 5.91. The van der Waals surface area contributed by atoms with Crippen molar-refractivity contribution in [2.75, 3.05) is 20.3 Å². The molecule has 4 aromatic rings. The Balaban J connectivity index is 1.68. The molecule has 0 amide bonds. The summed E-state index contributed by atoms with van der Waals surface area (Å²) in [7, 11) is 1.36. The molecule has 1 aliphatic carbocycles. The molecule has 2 aliphatic rings. The van der Waals surface area contributed by atoms with Crippen molar-refractivity contribution in [1.82, 2.24) is 14.8 Å². The van der Waals surface area contributed by atoms with Gasteiger partial charge < -0.3 is 19.1 Å². The summed E-state index contributed by atoms with van der Waals surface area (Å²) in [4.78, 5) is 12.0. The summed E-state index contributed by atoms with van der Waals surface area (Å²) in [6.45, 7) is 1.02. The van der Waals surface area contributed by atoms with E-state index in [9.17, 15) is 18.7 Å². The van der Waals surface area contributed by atoms with E-state index >= 15 is 4.39 Å². The van der Waals surface area contributed by atoms with Gasteiger partial charge in [-0.05, 0) is 55.4 Å². The number of halogens is 3.